The van der Waals surface area contributed by atoms with Gasteiger partial charge in [-0.1, -0.05) is 13.8 Å². The molecule has 1 rings (SSSR count). The molecular weight excluding hydrogens is 385 g/mol. The molecule has 0 fully saturated rings. The number of carbonyl (C=O) groups is 1. The zero-order valence-electron chi connectivity index (χ0n) is 11.8. The molecule has 118 valence electrons. The lowest BCUT2D eigenvalue weighted by Gasteiger charge is -2.16. The molecule has 0 radical (unpaired) electrons. The van der Waals surface area contributed by atoms with Crippen molar-refractivity contribution >= 4 is 41.6 Å². The topological polar surface area (TPSA) is 63.2 Å². The molecule has 4 nitrogen and oxygen atoms in total. The zero-order chi connectivity index (χ0) is 16.4. The fourth-order valence-electron chi connectivity index (χ4n) is 1.95. The van der Waals surface area contributed by atoms with Crippen LogP contribution in [0, 0.1) is 11.7 Å². The van der Waals surface area contributed by atoms with Crippen LogP contribution in [0.25, 0.3) is 0 Å². The summed E-state index contributed by atoms with van der Waals surface area (Å²) in [5, 5.41) is 2.69. The molecule has 0 spiro atoms. The molecule has 1 N–H and O–H groups in total. The number of amides is 1. The minimum absolute atomic E-state index is 0.0921. The van der Waals surface area contributed by atoms with Gasteiger partial charge in [-0.15, -0.1) is 0 Å². The van der Waals surface area contributed by atoms with Crippen LogP contribution < -0.4 is 5.32 Å². The van der Waals surface area contributed by atoms with Crippen LogP contribution in [0.15, 0.2) is 21.5 Å². The van der Waals surface area contributed by atoms with Crippen LogP contribution in [-0.2, 0) is 9.05 Å². The fourth-order valence-corrected chi connectivity index (χ4v) is 4.04. The minimum Gasteiger partial charge on any atom is -0.350 e. The SMILES string of the molecule is CC(C)CC(C)NC(=O)c1cc(F)c(Br)c(S(=O)(=O)Cl)c1. The predicted molar refractivity (Wildman–Crippen MR) is 83.5 cm³/mol. The molecular formula is C13H16BrClFNO3S. The van der Waals surface area contributed by atoms with Gasteiger partial charge in [-0.3, -0.25) is 4.79 Å². The molecule has 0 saturated carbocycles. The predicted octanol–water partition coefficient (Wildman–Crippen LogP) is 3.68. The van der Waals surface area contributed by atoms with E-state index in [0.717, 1.165) is 18.6 Å². The molecule has 1 atom stereocenters. The van der Waals surface area contributed by atoms with Crippen molar-refractivity contribution in [2.45, 2.75) is 38.1 Å². The highest BCUT2D eigenvalue weighted by Gasteiger charge is 2.22. The van der Waals surface area contributed by atoms with Gasteiger partial charge in [0.1, 0.15) is 10.7 Å². The maximum Gasteiger partial charge on any atom is 0.262 e. The van der Waals surface area contributed by atoms with E-state index in [0.29, 0.717) is 5.92 Å². The Morgan fingerprint density at radius 1 is 1.38 bits per heavy atom. The summed E-state index contributed by atoms with van der Waals surface area (Å²) in [5.41, 5.74) is -0.0921. The van der Waals surface area contributed by atoms with Crippen molar-refractivity contribution in [3.63, 3.8) is 0 Å². The van der Waals surface area contributed by atoms with Crippen LogP contribution in [0.1, 0.15) is 37.6 Å². The first-order valence-corrected chi connectivity index (χ1v) is 9.37. The van der Waals surface area contributed by atoms with Crippen LogP contribution in [-0.4, -0.2) is 20.4 Å². The quantitative estimate of drug-likeness (QED) is 0.767. The summed E-state index contributed by atoms with van der Waals surface area (Å²) in [6.45, 7) is 5.85. The molecule has 0 saturated heterocycles. The van der Waals surface area contributed by atoms with Crippen molar-refractivity contribution in [1.29, 1.82) is 0 Å². The lowest BCUT2D eigenvalue weighted by atomic mass is 10.0. The van der Waals surface area contributed by atoms with Crippen molar-refractivity contribution in [2.75, 3.05) is 0 Å². The highest BCUT2D eigenvalue weighted by Crippen LogP contribution is 2.29. The van der Waals surface area contributed by atoms with Gasteiger partial charge in [0, 0.05) is 22.3 Å². The first kappa shape index (κ1) is 18.4. The lowest BCUT2D eigenvalue weighted by molar-refractivity contribution is 0.0935. The Morgan fingerprint density at radius 2 is 1.95 bits per heavy atom. The van der Waals surface area contributed by atoms with Crippen molar-refractivity contribution < 1.29 is 17.6 Å². The molecule has 0 aromatic heterocycles. The fraction of sp³-hybridized carbons (Fsp3) is 0.462. The Hall–Kier alpha value is -0.660. The Morgan fingerprint density at radius 3 is 2.43 bits per heavy atom. The Labute approximate surface area is 136 Å². The van der Waals surface area contributed by atoms with E-state index < -0.39 is 25.7 Å². The molecule has 0 bridgehead atoms. The van der Waals surface area contributed by atoms with Crippen molar-refractivity contribution in [1.82, 2.24) is 5.32 Å². The Balaban J connectivity index is 3.09. The Kier molecular flexibility index (Phi) is 6.19. The van der Waals surface area contributed by atoms with Gasteiger partial charge in [0.25, 0.3) is 15.0 Å². The van der Waals surface area contributed by atoms with Crippen LogP contribution in [0.5, 0.6) is 0 Å². The molecule has 0 aliphatic heterocycles. The van der Waals surface area contributed by atoms with Crippen LogP contribution in [0.3, 0.4) is 0 Å². The van der Waals surface area contributed by atoms with E-state index in [1.807, 2.05) is 20.8 Å². The molecule has 0 heterocycles. The summed E-state index contributed by atoms with van der Waals surface area (Å²) >= 11 is 2.81. The average molecular weight is 401 g/mol. The van der Waals surface area contributed by atoms with Crippen molar-refractivity contribution in [3.8, 4) is 0 Å². The van der Waals surface area contributed by atoms with Gasteiger partial charge in [-0.25, -0.2) is 12.8 Å². The zero-order valence-corrected chi connectivity index (χ0v) is 14.9. The Bertz CT molecular complexity index is 649. The van der Waals surface area contributed by atoms with E-state index in [9.17, 15) is 17.6 Å². The standard InChI is InChI=1S/C13H16BrClFNO3S/c1-7(2)4-8(3)17-13(18)9-5-10(16)12(14)11(6-9)21(15,19)20/h5-8H,4H2,1-3H3,(H,17,18). The number of hydrogen-bond donors (Lipinski definition) is 1. The second-order valence-corrected chi connectivity index (χ2v) is 8.54. The number of hydrogen-bond acceptors (Lipinski definition) is 3. The van der Waals surface area contributed by atoms with Crippen LogP contribution in [0.4, 0.5) is 4.39 Å². The number of rotatable bonds is 5. The summed E-state index contributed by atoms with van der Waals surface area (Å²) < 4.78 is 36.2. The first-order chi connectivity index (χ1) is 9.52. The summed E-state index contributed by atoms with van der Waals surface area (Å²) in [5.74, 6) is -1.02. The van der Waals surface area contributed by atoms with Gasteiger partial charge in [-0.2, -0.15) is 0 Å². The third kappa shape index (κ3) is 5.23. The van der Waals surface area contributed by atoms with Gasteiger partial charge in [0.05, 0.1) is 4.47 Å². The monoisotopic (exact) mass is 399 g/mol. The number of halogens is 3. The summed E-state index contributed by atoms with van der Waals surface area (Å²) in [6, 6.07) is 1.90. The van der Waals surface area contributed by atoms with E-state index >= 15 is 0 Å². The maximum atomic E-state index is 13.7. The first-order valence-electron chi connectivity index (χ1n) is 6.27. The number of benzene rings is 1. The van der Waals surface area contributed by atoms with E-state index in [-0.39, 0.29) is 16.1 Å². The highest BCUT2D eigenvalue weighted by molar-refractivity contribution is 9.10. The van der Waals surface area contributed by atoms with Gasteiger partial charge >= 0.3 is 0 Å². The molecule has 1 unspecified atom stereocenters. The summed E-state index contributed by atoms with van der Waals surface area (Å²) in [7, 11) is 1.08. The van der Waals surface area contributed by atoms with E-state index in [2.05, 4.69) is 21.2 Å². The second-order valence-electron chi connectivity index (χ2n) is 5.21. The minimum atomic E-state index is -4.15. The summed E-state index contributed by atoms with van der Waals surface area (Å²) in [4.78, 5) is 11.6. The summed E-state index contributed by atoms with van der Waals surface area (Å²) in [6.07, 6.45) is 0.755. The van der Waals surface area contributed by atoms with Crippen molar-refractivity contribution in [3.05, 3.63) is 28.0 Å². The van der Waals surface area contributed by atoms with Gasteiger partial charge < -0.3 is 5.32 Å². The van der Waals surface area contributed by atoms with Gasteiger partial charge in [-0.05, 0) is 47.3 Å². The maximum absolute atomic E-state index is 13.7. The smallest absolute Gasteiger partial charge is 0.262 e. The second kappa shape index (κ2) is 7.07. The number of carbonyl (C=O) groups excluding carboxylic acids is 1. The largest absolute Gasteiger partial charge is 0.350 e. The molecule has 0 aliphatic rings. The van der Waals surface area contributed by atoms with E-state index in [1.54, 1.807) is 0 Å². The third-order valence-corrected chi connectivity index (χ3v) is 5.14. The van der Waals surface area contributed by atoms with E-state index in [1.165, 1.54) is 0 Å². The van der Waals surface area contributed by atoms with Crippen molar-refractivity contribution in [2.24, 2.45) is 5.92 Å². The highest BCUT2D eigenvalue weighted by atomic mass is 79.9. The molecule has 0 aliphatic carbocycles. The molecule has 8 heteroatoms. The van der Waals surface area contributed by atoms with Crippen LogP contribution in [0.2, 0.25) is 0 Å². The molecule has 1 amide bonds. The van der Waals surface area contributed by atoms with Gasteiger partial charge in [0.15, 0.2) is 0 Å². The lowest BCUT2D eigenvalue weighted by Crippen LogP contribution is -2.33. The van der Waals surface area contributed by atoms with E-state index in [4.69, 9.17) is 10.7 Å². The molecule has 21 heavy (non-hydrogen) atoms. The van der Waals surface area contributed by atoms with Crippen LogP contribution >= 0.6 is 26.6 Å². The third-order valence-electron chi connectivity index (χ3n) is 2.72. The molecule has 1 aromatic rings. The normalized spacial score (nSPS) is 13.3. The average Bonchev–Trinajstić information content (AvgIpc) is 2.29. The van der Waals surface area contributed by atoms with Gasteiger partial charge in [0.2, 0.25) is 0 Å². The molecule has 1 aromatic carbocycles. The number of nitrogens with one attached hydrogen (secondary N) is 1.